The number of hydrogen-bond acceptors (Lipinski definition) is 7. The Kier molecular flexibility index (Phi) is 5.94. The molecule has 0 atom stereocenters. The predicted molar refractivity (Wildman–Crippen MR) is 108 cm³/mol. The highest BCUT2D eigenvalue weighted by molar-refractivity contribution is 7.98. The van der Waals surface area contributed by atoms with Crippen LogP contribution in [0.3, 0.4) is 0 Å². The minimum absolute atomic E-state index is 0.108. The van der Waals surface area contributed by atoms with E-state index in [0.29, 0.717) is 17.3 Å². The summed E-state index contributed by atoms with van der Waals surface area (Å²) < 4.78 is 5.22. The van der Waals surface area contributed by atoms with E-state index in [9.17, 15) is 4.79 Å². The normalized spacial score (nSPS) is 16.3. The number of aryl methyl sites for hydroxylation is 1. The molecular weight excluding hydrogens is 388 g/mol. The number of benzene rings is 1. The van der Waals surface area contributed by atoms with Crippen LogP contribution in [0.5, 0.6) is 0 Å². The standard InChI is InChI=1S/C20H24N6O2S/c1-14-23-18(26-28-14)20(10-4-2-3-5-11-20)24-17(27)16-8-6-15(7-9-16)12-29-19-21-13-22-25-19/h6-9,13H,2-5,10-12H2,1H3,(H,24,27)(H,21,22,25). The summed E-state index contributed by atoms with van der Waals surface area (Å²) in [5.74, 6) is 1.75. The zero-order chi connectivity index (χ0) is 20.1. The van der Waals surface area contributed by atoms with Gasteiger partial charge in [0.2, 0.25) is 5.89 Å². The minimum Gasteiger partial charge on any atom is -0.340 e. The van der Waals surface area contributed by atoms with Crippen molar-refractivity contribution in [1.82, 2.24) is 30.6 Å². The largest absolute Gasteiger partial charge is 0.340 e. The summed E-state index contributed by atoms with van der Waals surface area (Å²) in [5, 5.41) is 14.8. The Morgan fingerprint density at radius 3 is 2.59 bits per heavy atom. The lowest BCUT2D eigenvalue weighted by molar-refractivity contribution is 0.0876. The first-order valence-corrected chi connectivity index (χ1v) is 10.8. The van der Waals surface area contributed by atoms with Crippen molar-refractivity contribution >= 4 is 17.7 Å². The number of thioether (sulfide) groups is 1. The van der Waals surface area contributed by atoms with Gasteiger partial charge in [0, 0.05) is 18.2 Å². The lowest BCUT2D eigenvalue weighted by atomic mass is 9.88. The number of H-pyrrole nitrogens is 1. The maximum atomic E-state index is 13.0. The van der Waals surface area contributed by atoms with E-state index in [1.165, 1.54) is 6.33 Å². The molecule has 0 spiro atoms. The molecule has 4 rings (SSSR count). The van der Waals surface area contributed by atoms with Crippen molar-refractivity contribution in [3.8, 4) is 0 Å². The molecule has 1 saturated carbocycles. The number of amides is 1. The second-order valence-electron chi connectivity index (χ2n) is 7.36. The van der Waals surface area contributed by atoms with Crippen LogP contribution in [-0.4, -0.2) is 31.2 Å². The number of carbonyl (C=O) groups excluding carboxylic acids is 1. The zero-order valence-electron chi connectivity index (χ0n) is 16.4. The summed E-state index contributed by atoms with van der Waals surface area (Å²) in [6.45, 7) is 1.78. The van der Waals surface area contributed by atoms with Crippen LogP contribution in [0.2, 0.25) is 0 Å². The topological polar surface area (TPSA) is 110 Å². The molecule has 3 aromatic rings. The fourth-order valence-electron chi connectivity index (χ4n) is 3.69. The Labute approximate surface area is 173 Å². The molecule has 1 aliphatic rings. The summed E-state index contributed by atoms with van der Waals surface area (Å²) in [6, 6.07) is 7.65. The van der Waals surface area contributed by atoms with Gasteiger partial charge in [-0.15, -0.1) is 0 Å². The van der Waals surface area contributed by atoms with Gasteiger partial charge in [-0.3, -0.25) is 9.89 Å². The van der Waals surface area contributed by atoms with Gasteiger partial charge in [-0.1, -0.05) is 54.7 Å². The van der Waals surface area contributed by atoms with Crippen molar-refractivity contribution in [2.45, 2.75) is 61.9 Å². The number of hydrogen-bond donors (Lipinski definition) is 2. The maximum Gasteiger partial charge on any atom is 0.252 e. The zero-order valence-corrected chi connectivity index (χ0v) is 17.2. The number of aromatic nitrogens is 5. The Morgan fingerprint density at radius 1 is 1.21 bits per heavy atom. The van der Waals surface area contributed by atoms with Gasteiger partial charge < -0.3 is 9.84 Å². The van der Waals surface area contributed by atoms with Gasteiger partial charge in [-0.2, -0.15) is 10.1 Å². The Bertz CT molecular complexity index is 930. The fraction of sp³-hybridized carbons (Fsp3) is 0.450. The number of nitrogens with one attached hydrogen (secondary N) is 2. The number of nitrogens with zero attached hydrogens (tertiary/aromatic N) is 4. The quantitative estimate of drug-likeness (QED) is 0.468. The molecule has 0 aliphatic heterocycles. The first kappa shape index (κ1) is 19.6. The highest BCUT2D eigenvalue weighted by Gasteiger charge is 2.38. The molecule has 0 saturated heterocycles. The number of aromatic amines is 1. The van der Waals surface area contributed by atoms with Gasteiger partial charge in [-0.05, 0) is 30.5 Å². The molecule has 0 radical (unpaired) electrons. The SMILES string of the molecule is Cc1nc(C2(NC(=O)c3ccc(CSc4ncn[nH]4)cc3)CCCCCC2)no1. The van der Waals surface area contributed by atoms with Crippen LogP contribution < -0.4 is 5.32 Å². The molecule has 0 unspecified atom stereocenters. The minimum atomic E-state index is -0.563. The lowest BCUT2D eigenvalue weighted by Gasteiger charge is -2.30. The monoisotopic (exact) mass is 412 g/mol. The molecule has 1 amide bonds. The Hall–Kier alpha value is -2.68. The molecule has 2 aromatic heterocycles. The summed E-state index contributed by atoms with van der Waals surface area (Å²) in [7, 11) is 0. The number of rotatable bonds is 6. The van der Waals surface area contributed by atoms with Crippen molar-refractivity contribution in [2.24, 2.45) is 0 Å². The smallest absolute Gasteiger partial charge is 0.252 e. The third-order valence-electron chi connectivity index (χ3n) is 5.25. The van der Waals surface area contributed by atoms with E-state index in [4.69, 9.17) is 4.52 Å². The van der Waals surface area contributed by atoms with Gasteiger partial charge in [-0.25, -0.2) is 4.98 Å². The Balaban J connectivity index is 1.47. The first-order valence-electron chi connectivity index (χ1n) is 9.85. The first-order chi connectivity index (χ1) is 14.1. The third-order valence-corrected chi connectivity index (χ3v) is 6.20. The van der Waals surface area contributed by atoms with E-state index in [1.54, 1.807) is 18.7 Å². The summed E-state index contributed by atoms with van der Waals surface area (Å²) >= 11 is 1.57. The van der Waals surface area contributed by atoms with Crippen LogP contribution in [0, 0.1) is 6.92 Å². The maximum absolute atomic E-state index is 13.0. The van der Waals surface area contributed by atoms with E-state index < -0.39 is 5.54 Å². The molecule has 2 N–H and O–H groups in total. The van der Waals surface area contributed by atoms with Crippen LogP contribution in [-0.2, 0) is 11.3 Å². The molecule has 9 heteroatoms. The lowest BCUT2D eigenvalue weighted by Crippen LogP contribution is -2.46. The van der Waals surface area contributed by atoms with Gasteiger partial charge in [0.05, 0.1) is 0 Å². The van der Waals surface area contributed by atoms with Crippen molar-refractivity contribution < 1.29 is 9.32 Å². The molecule has 2 heterocycles. The molecule has 152 valence electrons. The molecule has 1 aliphatic carbocycles. The fourth-order valence-corrected chi connectivity index (χ4v) is 4.42. The molecule has 1 fully saturated rings. The van der Waals surface area contributed by atoms with E-state index in [0.717, 1.165) is 55.0 Å². The van der Waals surface area contributed by atoms with Gasteiger partial charge in [0.25, 0.3) is 5.91 Å². The van der Waals surface area contributed by atoms with Crippen molar-refractivity contribution in [3.63, 3.8) is 0 Å². The molecule has 29 heavy (non-hydrogen) atoms. The number of carbonyl (C=O) groups is 1. The predicted octanol–water partition coefficient (Wildman–Crippen LogP) is 3.77. The third kappa shape index (κ3) is 4.67. The van der Waals surface area contributed by atoms with E-state index in [-0.39, 0.29) is 5.91 Å². The summed E-state index contributed by atoms with van der Waals surface area (Å²) in [5.41, 5.74) is 1.18. The van der Waals surface area contributed by atoms with E-state index >= 15 is 0 Å². The van der Waals surface area contributed by atoms with Crippen LogP contribution in [0.4, 0.5) is 0 Å². The molecular formula is C20H24N6O2S. The van der Waals surface area contributed by atoms with Gasteiger partial charge in [0.15, 0.2) is 11.0 Å². The summed E-state index contributed by atoms with van der Waals surface area (Å²) in [6.07, 6.45) is 7.52. The molecule has 1 aromatic carbocycles. The molecule has 8 nitrogen and oxygen atoms in total. The van der Waals surface area contributed by atoms with Gasteiger partial charge >= 0.3 is 0 Å². The van der Waals surface area contributed by atoms with Crippen LogP contribution >= 0.6 is 11.8 Å². The highest BCUT2D eigenvalue weighted by atomic mass is 32.2. The van der Waals surface area contributed by atoms with E-state index in [1.807, 2.05) is 24.3 Å². The van der Waals surface area contributed by atoms with Crippen molar-refractivity contribution in [2.75, 3.05) is 0 Å². The molecule has 0 bridgehead atoms. The van der Waals surface area contributed by atoms with Crippen molar-refractivity contribution in [3.05, 3.63) is 53.4 Å². The highest BCUT2D eigenvalue weighted by Crippen LogP contribution is 2.35. The summed E-state index contributed by atoms with van der Waals surface area (Å²) in [4.78, 5) is 21.6. The van der Waals surface area contributed by atoms with Crippen LogP contribution in [0.25, 0.3) is 0 Å². The van der Waals surface area contributed by atoms with Crippen LogP contribution in [0.1, 0.15) is 66.2 Å². The average Bonchev–Trinajstić information content (AvgIpc) is 3.35. The van der Waals surface area contributed by atoms with Gasteiger partial charge in [0.1, 0.15) is 11.9 Å². The van der Waals surface area contributed by atoms with E-state index in [2.05, 4.69) is 30.6 Å². The average molecular weight is 413 g/mol. The van der Waals surface area contributed by atoms with Crippen molar-refractivity contribution in [1.29, 1.82) is 0 Å². The Morgan fingerprint density at radius 2 is 1.97 bits per heavy atom. The second-order valence-corrected chi connectivity index (χ2v) is 8.33. The van der Waals surface area contributed by atoms with Crippen LogP contribution in [0.15, 0.2) is 40.3 Å². The second kappa shape index (κ2) is 8.77.